The highest BCUT2D eigenvalue weighted by Gasteiger charge is 2.17. The van der Waals surface area contributed by atoms with Crippen molar-refractivity contribution in [3.63, 3.8) is 0 Å². The van der Waals surface area contributed by atoms with E-state index in [1.807, 2.05) is 18.2 Å². The van der Waals surface area contributed by atoms with Crippen LogP contribution in [0.3, 0.4) is 0 Å². The lowest BCUT2D eigenvalue weighted by Crippen LogP contribution is -2.14. The molecular formula is C17H15Cl2N5O2. The number of nitrogens with one attached hydrogen (secondary N) is 3. The normalized spacial score (nSPS) is 16.5. The van der Waals surface area contributed by atoms with Crippen LogP contribution in [0.15, 0.2) is 35.1 Å². The van der Waals surface area contributed by atoms with E-state index in [9.17, 15) is 4.79 Å². The molecule has 0 aliphatic carbocycles. The molecule has 3 aromatic rings. The minimum Gasteiger partial charge on any atom is -0.370 e. The second kappa shape index (κ2) is 7.11. The van der Waals surface area contributed by atoms with Crippen molar-refractivity contribution >= 4 is 40.2 Å². The van der Waals surface area contributed by atoms with Gasteiger partial charge in [-0.3, -0.25) is 14.9 Å². The van der Waals surface area contributed by atoms with Crippen LogP contribution in [-0.2, 0) is 17.7 Å². The predicted octanol–water partition coefficient (Wildman–Crippen LogP) is 3.06. The summed E-state index contributed by atoms with van der Waals surface area (Å²) in [5, 5.41) is 11.0. The molecule has 2 aromatic heterocycles. The van der Waals surface area contributed by atoms with Crippen molar-refractivity contribution in [1.82, 2.24) is 20.2 Å². The fourth-order valence-electron chi connectivity index (χ4n) is 2.79. The summed E-state index contributed by atoms with van der Waals surface area (Å²) in [6.45, 7) is 1.04. The Morgan fingerprint density at radius 2 is 2.15 bits per heavy atom. The van der Waals surface area contributed by atoms with Crippen LogP contribution in [0, 0.1) is 0 Å². The highest BCUT2D eigenvalue weighted by Crippen LogP contribution is 2.23. The predicted molar refractivity (Wildman–Crippen MR) is 101 cm³/mol. The summed E-state index contributed by atoms with van der Waals surface area (Å²) in [5.74, 6) is 0.360. The van der Waals surface area contributed by atoms with Crippen LogP contribution in [0.2, 0.25) is 10.0 Å². The maximum Gasteiger partial charge on any atom is 0.280 e. The van der Waals surface area contributed by atoms with E-state index >= 15 is 0 Å². The van der Waals surface area contributed by atoms with E-state index in [0.717, 1.165) is 11.3 Å². The van der Waals surface area contributed by atoms with Gasteiger partial charge in [0.05, 0.1) is 28.5 Å². The van der Waals surface area contributed by atoms with E-state index in [2.05, 4.69) is 25.5 Å². The number of rotatable bonds is 5. The van der Waals surface area contributed by atoms with Gasteiger partial charge in [0.2, 0.25) is 5.95 Å². The maximum absolute atomic E-state index is 12.3. The average Bonchev–Trinajstić information content (AvgIpc) is 3.27. The topological polar surface area (TPSA) is 95.7 Å². The minimum absolute atomic E-state index is 0.0349. The Morgan fingerprint density at radius 3 is 2.92 bits per heavy atom. The van der Waals surface area contributed by atoms with Crippen LogP contribution < -0.4 is 10.9 Å². The molecule has 0 bridgehead atoms. The van der Waals surface area contributed by atoms with Gasteiger partial charge in [-0.1, -0.05) is 41.4 Å². The summed E-state index contributed by atoms with van der Waals surface area (Å²) in [5.41, 5.74) is 2.19. The summed E-state index contributed by atoms with van der Waals surface area (Å²) in [4.78, 5) is 19.4. The van der Waals surface area contributed by atoms with Crippen molar-refractivity contribution in [1.29, 1.82) is 0 Å². The number of ether oxygens (including phenoxy) is 1. The Bertz CT molecular complexity index is 1040. The standard InChI is InChI=1S/C17H15Cl2N5O2/c18-11-4-3-9(6-12(11)19)8-20-17-21-14-13(7-10-2-1-5-26-10)23-24-15(14)16(25)22-17/h1-4,6,10H,5,7-8H2,(H,23,24)(H2,20,21,22,25)/t10-/m1/s1. The van der Waals surface area contributed by atoms with Gasteiger partial charge in [0.15, 0.2) is 5.52 Å². The van der Waals surface area contributed by atoms with Gasteiger partial charge in [-0.05, 0) is 17.7 Å². The molecule has 0 unspecified atom stereocenters. The SMILES string of the molecule is O=c1[nH]c(NCc2ccc(Cl)c(Cl)c2)nc2c(C[C@H]3C=CCO3)[nH]nc12. The zero-order valence-corrected chi connectivity index (χ0v) is 15.1. The fraction of sp³-hybridized carbons (Fsp3) is 0.235. The number of H-pyrrole nitrogens is 2. The van der Waals surface area contributed by atoms with E-state index in [0.29, 0.717) is 41.1 Å². The molecule has 3 heterocycles. The van der Waals surface area contributed by atoms with Gasteiger partial charge < -0.3 is 10.1 Å². The molecule has 0 spiro atoms. The molecule has 134 valence electrons. The minimum atomic E-state index is -0.308. The highest BCUT2D eigenvalue weighted by molar-refractivity contribution is 6.42. The monoisotopic (exact) mass is 391 g/mol. The van der Waals surface area contributed by atoms with Crippen LogP contribution in [0.4, 0.5) is 5.95 Å². The Balaban J connectivity index is 1.57. The largest absolute Gasteiger partial charge is 0.370 e. The molecule has 1 aliphatic heterocycles. The lowest BCUT2D eigenvalue weighted by molar-refractivity contribution is 0.128. The molecule has 7 nitrogen and oxygen atoms in total. The molecule has 0 saturated carbocycles. The van der Waals surface area contributed by atoms with Gasteiger partial charge >= 0.3 is 0 Å². The Hall–Kier alpha value is -2.35. The maximum atomic E-state index is 12.3. The first-order valence-electron chi connectivity index (χ1n) is 8.03. The average molecular weight is 392 g/mol. The molecule has 0 radical (unpaired) electrons. The van der Waals surface area contributed by atoms with E-state index < -0.39 is 0 Å². The number of aromatic nitrogens is 4. The van der Waals surface area contributed by atoms with Crippen molar-refractivity contribution in [3.8, 4) is 0 Å². The first-order valence-corrected chi connectivity index (χ1v) is 8.79. The van der Waals surface area contributed by atoms with Gasteiger partial charge in [-0.2, -0.15) is 5.10 Å². The lowest BCUT2D eigenvalue weighted by Gasteiger charge is -2.08. The number of aromatic amines is 2. The fourth-order valence-corrected chi connectivity index (χ4v) is 3.11. The summed E-state index contributed by atoms with van der Waals surface area (Å²) < 4.78 is 5.55. The smallest absolute Gasteiger partial charge is 0.280 e. The zero-order valence-electron chi connectivity index (χ0n) is 13.6. The molecule has 0 saturated heterocycles. The molecule has 4 rings (SSSR count). The molecule has 1 atom stereocenters. The second-order valence-electron chi connectivity index (χ2n) is 5.92. The number of hydrogen-bond acceptors (Lipinski definition) is 5. The van der Waals surface area contributed by atoms with Gasteiger partial charge in [0.25, 0.3) is 5.56 Å². The van der Waals surface area contributed by atoms with E-state index in [-0.39, 0.29) is 17.2 Å². The first kappa shape index (κ1) is 17.1. The van der Waals surface area contributed by atoms with E-state index in [1.54, 1.807) is 12.1 Å². The first-order chi connectivity index (χ1) is 12.6. The molecular weight excluding hydrogens is 377 g/mol. The Kier molecular flexibility index (Phi) is 4.67. The Morgan fingerprint density at radius 1 is 1.27 bits per heavy atom. The number of benzene rings is 1. The van der Waals surface area contributed by atoms with Gasteiger partial charge in [0, 0.05) is 13.0 Å². The molecule has 0 fully saturated rings. The molecule has 26 heavy (non-hydrogen) atoms. The summed E-state index contributed by atoms with van der Waals surface area (Å²) in [6, 6.07) is 5.34. The Labute approximate surface area is 158 Å². The van der Waals surface area contributed by atoms with Crippen molar-refractivity contribution in [2.45, 2.75) is 19.1 Å². The third-order valence-electron chi connectivity index (χ3n) is 4.09. The van der Waals surface area contributed by atoms with Crippen LogP contribution in [0.5, 0.6) is 0 Å². The molecule has 9 heteroatoms. The van der Waals surface area contributed by atoms with Gasteiger partial charge in [0.1, 0.15) is 5.52 Å². The van der Waals surface area contributed by atoms with Gasteiger partial charge in [-0.15, -0.1) is 0 Å². The molecule has 0 amide bonds. The number of hydrogen-bond donors (Lipinski definition) is 3. The number of anilines is 1. The third kappa shape index (κ3) is 3.46. The highest BCUT2D eigenvalue weighted by atomic mass is 35.5. The van der Waals surface area contributed by atoms with Crippen molar-refractivity contribution in [3.05, 3.63) is 62.0 Å². The van der Waals surface area contributed by atoms with Crippen molar-refractivity contribution in [2.75, 3.05) is 11.9 Å². The zero-order chi connectivity index (χ0) is 18.1. The molecule has 1 aromatic carbocycles. The van der Waals surface area contributed by atoms with Crippen molar-refractivity contribution in [2.24, 2.45) is 0 Å². The lowest BCUT2D eigenvalue weighted by atomic mass is 10.2. The van der Waals surface area contributed by atoms with Crippen LogP contribution >= 0.6 is 23.2 Å². The quantitative estimate of drug-likeness (QED) is 0.580. The summed E-state index contributed by atoms with van der Waals surface area (Å²) in [7, 11) is 0. The number of nitrogens with zero attached hydrogens (tertiary/aromatic N) is 2. The summed E-state index contributed by atoms with van der Waals surface area (Å²) in [6.07, 6.45) is 4.50. The van der Waals surface area contributed by atoms with E-state index in [1.165, 1.54) is 0 Å². The van der Waals surface area contributed by atoms with Crippen LogP contribution in [0.1, 0.15) is 11.3 Å². The van der Waals surface area contributed by atoms with Crippen LogP contribution in [0.25, 0.3) is 11.0 Å². The number of halogens is 2. The van der Waals surface area contributed by atoms with Gasteiger partial charge in [-0.25, -0.2) is 4.98 Å². The molecule has 3 N–H and O–H groups in total. The van der Waals surface area contributed by atoms with Crippen molar-refractivity contribution < 1.29 is 4.74 Å². The molecule has 1 aliphatic rings. The number of fused-ring (bicyclic) bond motifs is 1. The summed E-state index contributed by atoms with van der Waals surface area (Å²) >= 11 is 11.9. The van der Waals surface area contributed by atoms with Crippen LogP contribution in [-0.4, -0.2) is 32.9 Å². The third-order valence-corrected chi connectivity index (χ3v) is 4.83. The second-order valence-corrected chi connectivity index (χ2v) is 6.73. The van der Waals surface area contributed by atoms with E-state index in [4.69, 9.17) is 27.9 Å².